The lowest BCUT2D eigenvalue weighted by Gasteiger charge is -2.28. The molecule has 0 amide bonds. The molecule has 0 radical (unpaired) electrons. The Hall–Kier alpha value is -1.19. The van der Waals surface area contributed by atoms with E-state index in [0.29, 0.717) is 0 Å². The number of rotatable bonds is 6. The van der Waals surface area contributed by atoms with Gasteiger partial charge < -0.3 is 5.32 Å². The van der Waals surface area contributed by atoms with Gasteiger partial charge >= 0.3 is 0 Å². The van der Waals surface area contributed by atoms with Crippen molar-refractivity contribution in [2.45, 2.75) is 46.1 Å². The van der Waals surface area contributed by atoms with Crippen LogP contribution in [0.1, 0.15) is 41.4 Å². The minimum Gasteiger partial charge on any atom is -0.306 e. The van der Waals surface area contributed by atoms with Crippen molar-refractivity contribution in [2.75, 3.05) is 6.54 Å². The zero-order valence-electron chi connectivity index (χ0n) is 12.9. The summed E-state index contributed by atoms with van der Waals surface area (Å²) in [6.45, 7) is 9.65. The summed E-state index contributed by atoms with van der Waals surface area (Å²) in [6.07, 6.45) is 2.14. The number of nitrogens with zero attached hydrogens (tertiary/aromatic N) is 1. The van der Waals surface area contributed by atoms with Crippen molar-refractivity contribution in [3.05, 3.63) is 51.5 Å². The van der Waals surface area contributed by atoms with Gasteiger partial charge in [-0.2, -0.15) is 0 Å². The summed E-state index contributed by atoms with van der Waals surface area (Å²) >= 11 is 1.82. The van der Waals surface area contributed by atoms with Crippen LogP contribution in [-0.4, -0.2) is 11.5 Å². The Kier molecular flexibility index (Phi) is 4.95. The van der Waals surface area contributed by atoms with Crippen LogP contribution in [0.4, 0.5) is 0 Å². The highest BCUT2D eigenvalue weighted by Gasteiger charge is 2.29. The topological polar surface area (TPSA) is 24.9 Å². The third kappa shape index (κ3) is 3.47. The lowest BCUT2D eigenvalue weighted by atomic mass is 9.93. The summed E-state index contributed by atoms with van der Waals surface area (Å²) in [7, 11) is 0. The van der Waals surface area contributed by atoms with Crippen LogP contribution >= 0.6 is 11.3 Å². The molecule has 1 atom stereocenters. The van der Waals surface area contributed by atoms with Crippen molar-refractivity contribution in [1.82, 2.24) is 10.3 Å². The van der Waals surface area contributed by atoms with Crippen molar-refractivity contribution in [3.8, 4) is 0 Å². The van der Waals surface area contributed by atoms with E-state index >= 15 is 0 Å². The number of aryl methyl sites for hydroxylation is 3. The molecule has 0 bridgehead atoms. The Morgan fingerprint density at radius 1 is 1.20 bits per heavy atom. The van der Waals surface area contributed by atoms with Crippen LogP contribution in [0.3, 0.4) is 0 Å². The minimum absolute atomic E-state index is 0.0335. The molecule has 0 aliphatic rings. The molecule has 1 aromatic carbocycles. The van der Waals surface area contributed by atoms with Gasteiger partial charge in [0.2, 0.25) is 0 Å². The molecule has 0 aliphatic carbocycles. The summed E-state index contributed by atoms with van der Waals surface area (Å²) in [6, 6.07) is 10.7. The molecule has 2 rings (SSSR count). The molecule has 20 heavy (non-hydrogen) atoms. The lowest BCUT2D eigenvalue weighted by Crippen LogP contribution is -2.39. The van der Waals surface area contributed by atoms with Crippen LogP contribution in [0.15, 0.2) is 30.3 Å². The highest BCUT2D eigenvalue weighted by molar-refractivity contribution is 7.11. The predicted octanol–water partition coefficient (Wildman–Crippen LogP) is 4.22. The van der Waals surface area contributed by atoms with E-state index in [9.17, 15) is 0 Å². The third-order valence-corrected chi connectivity index (χ3v) is 5.16. The van der Waals surface area contributed by atoms with E-state index < -0.39 is 0 Å². The quantitative estimate of drug-likeness (QED) is 0.861. The highest BCUT2D eigenvalue weighted by Crippen LogP contribution is 2.31. The SMILES string of the molecule is CCNC(C)(CCc1ccccc1)c1nc(C)c(C)s1. The Morgan fingerprint density at radius 2 is 1.90 bits per heavy atom. The van der Waals surface area contributed by atoms with Gasteiger partial charge in [-0.25, -0.2) is 4.98 Å². The molecule has 1 heterocycles. The second-order valence-corrected chi connectivity index (χ2v) is 6.71. The first-order valence-corrected chi connectivity index (χ1v) is 8.10. The van der Waals surface area contributed by atoms with Gasteiger partial charge in [0.1, 0.15) is 5.01 Å². The molecule has 2 aromatic rings. The first-order valence-electron chi connectivity index (χ1n) is 7.28. The Bertz CT molecular complexity index is 528. The van der Waals surface area contributed by atoms with Crippen LogP contribution in [0, 0.1) is 13.8 Å². The minimum atomic E-state index is -0.0335. The Morgan fingerprint density at radius 3 is 2.45 bits per heavy atom. The van der Waals surface area contributed by atoms with Crippen LogP contribution in [0.5, 0.6) is 0 Å². The molecule has 0 spiro atoms. The van der Waals surface area contributed by atoms with Gasteiger partial charge in [-0.3, -0.25) is 0 Å². The van der Waals surface area contributed by atoms with Crippen LogP contribution in [0.2, 0.25) is 0 Å². The van der Waals surface area contributed by atoms with E-state index in [1.807, 2.05) is 11.3 Å². The van der Waals surface area contributed by atoms with Crippen LogP contribution < -0.4 is 5.32 Å². The molecule has 3 heteroatoms. The fourth-order valence-corrected chi connectivity index (χ4v) is 3.47. The molecule has 108 valence electrons. The predicted molar refractivity (Wildman–Crippen MR) is 87.4 cm³/mol. The van der Waals surface area contributed by atoms with Gasteiger partial charge in [0.15, 0.2) is 0 Å². The zero-order chi connectivity index (χ0) is 14.6. The number of benzene rings is 1. The molecule has 0 saturated heterocycles. The van der Waals surface area contributed by atoms with Gasteiger partial charge in [-0.05, 0) is 45.7 Å². The van der Waals surface area contributed by atoms with Gasteiger partial charge in [0.05, 0.1) is 11.2 Å². The van der Waals surface area contributed by atoms with Gasteiger partial charge in [0, 0.05) is 4.88 Å². The molecular weight excluding hydrogens is 264 g/mol. The number of nitrogens with one attached hydrogen (secondary N) is 1. The van der Waals surface area contributed by atoms with Crippen LogP contribution in [-0.2, 0) is 12.0 Å². The standard InChI is InChI=1S/C17H24N2S/c1-5-18-17(4,16-19-13(2)14(3)20-16)12-11-15-9-7-6-8-10-15/h6-10,18H,5,11-12H2,1-4H3. The fourth-order valence-electron chi connectivity index (χ4n) is 2.41. The normalized spacial score (nSPS) is 14.2. The molecule has 1 N–H and O–H groups in total. The average Bonchev–Trinajstić information content (AvgIpc) is 2.79. The largest absolute Gasteiger partial charge is 0.306 e. The van der Waals surface area contributed by atoms with E-state index in [2.05, 4.69) is 63.3 Å². The lowest BCUT2D eigenvalue weighted by molar-refractivity contribution is 0.346. The molecule has 1 aromatic heterocycles. The molecule has 0 saturated carbocycles. The highest BCUT2D eigenvalue weighted by atomic mass is 32.1. The zero-order valence-corrected chi connectivity index (χ0v) is 13.7. The number of aromatic nitrogens is 1. The first kappa shape index (κ1) is 15.2. The average molecular weight is 288 g/mol. The van der Waals surface area contributed by atoms with Crippen molar-refractivity contribution in [2.24, 2.45) is 0 Å². The summed E-state index contributed by atoms with van der Waals surface area (Å²) in [5, 5.41) is 4.85. The number of hydrogen-bond donors (Lipinski definition) is 1. The fraction of sp³-hybridized carbons (Fsp3) is 0.471. The van der Waals surface area contributed by atoms with Crippen molar-refractivity contribution in [3.63, 3.8) is 0 Å². The van der Waals surface area contributed by atoms with E-state index in [-0.39, 0.29) is 5.54 Å². The Balaban J connectivity index is 2.16. The van der Waals surface area contributed by atoms with E-state index in [0.717, 1.165) is 25.1 Å². The van der Waals surface area contributed by atoms with E-state index in [1.54, 1.807) is 0 Å². The Labute approximate surface area is 126 Å². The second kappa shape index (κ2) is 6.51. The van der Waals surface area contributed by atoms with Crippen molar-refractivity contribution < 1.29 is 0 Å². The molecule has 0 fully saturated rings. The maximum absolute atomic E-state index is 4.77. The number of thiazole rings is 1. The summed E-state index contributed by atoms with van der Waals surface area (Å²) < 4.78 is 0. The van der Waals surface area contributed by atoms with Crippen molar-refractivity contribution in [1.29, 1.82) is 0 Å². The first-order chi connectivity index (χ1) is 9.55. The van der Waals surface area contributed by atoms with E-state index in [4.69, 9.17) is 4.98 Å². The second-order valence-electron chi connectivity index (χ2n) is 5.51. The molecule has 1 unspecified atom stereocenters. The molecule has 2 nitrogen and oxygen atoms in total. The van der Waals surface area contributed by atoms with Crippen molar-refractivity contribution >= 4 is 11.3 Å². The maximum Gasteiger partial charge on any atom is 0.113 e. The maximum atomic E-state index is 4.77. The summed E-state index contributed by atoms with van der Waals surface area (Å²) in [4.78, 5) is 6.09. The van der Waals surface area contributed by atoms with Gasteiger partial charge in [-0.1, -0.05) is 37.3 Å². The van der Waals surface area contributed by atoms with Gasteiger partial charge in [0.25, 0.3) is 0 Å². The molecular formula is C17H24N2S. The van der Waals surface area contributed by atoms with Crippen LogP contribution in [0.25, 0.3) is 0 Å². The summed E-state index contributed by atoms with van der Waals surface area (Å²) in [5.74, 6) is 0. The number of hydrogen-bond acceptors (Lipinski definition) is 3. The third-order valence-electron chi connectivity index (χ3n) is 3.82. The smallest absolute Gasteiger partial charge is 0.113 e. The van der Waals surface area contributed by atoms with Gasteiger partial charge in [-0.15, -0.1) is 11.3 Å². The van der Waals surface area contributed by atoms with E-state index in [1.165, 1.54) is 15.4 Å². The summed E-state index contributed by atoms with van der Waals surface area (Å²) in [5.41, 5.74) is 2.52. The monoisotopic (exact) mass is 288 g/mol. The molecule has 0 aliphatic heterocycles.